The second-order valence-corrected chi connectivity index (χ2v) is 7.62. The van der Waals surface area contributed by atoms with Gasteiger partial charge in [0, 0.05) is 6.54 Å². The highest BCUT2D eigenvalue weighted by molar-refractivity contribution is 5.70. The molecule has 1 heterocycles. The van der Waals surface area contributed by atoms with Gasteiger partial charge in [-0.3, -0.25) is 9.69 Å². The fourth-order valence-corrected chi connectivity index (χ4v) is 4.11. The first-order valence-corrected chi connectivity index (χ1v) is 10.2. The number of likely N-dealkylation sites (tertiary alicyclic amines) is 1. The van der Waals surface area contributed by atoms with E-state index in [2.05, 4.69) is 4.90 Å². The lowest BCUT2D eigenvalue weighted by Crippen LogP contribution is -2.41. The summed E-state index contributed by atoms with van der Waals surface area (Å²) in [6.45, 7) is 1.19. The minimum Gasteiger partial charge on any atom is -0.481 e. The van der Waals surface area contributed by atoms with E-state index in [4.69, 9.17) is 4.74 Å². The van der Waals surface area contributed by atoms with Crippen molar-refractivity contribution in [3.63, 3.8) is 0 Å². The van der Waals surface area contributed by atoms with Crippen molar-refractivity contribution in [2.75, 3.05) is 13.1 Å². The maximum Gasteiger partial charge on any atom is 0.307 e. The smallest absolute Gasteiger partial charge is 0.307 e. The van der Waals surface area contributed by atoms with Gasteiger partial charge in [0.1, 0.15) is 17.3 Å². The summed E-state index contributed by atoms with van der Waals surface area (Å²) in [5.74, 6) is -0.0776. The Balaban J connectivity index is 1.69. The number of aliphatic carboxylic acids is 1. The molecule has 0 saturated carbocycles. The minimum atomic E-state index is -0.779. The van der Waals surface area contributed by atoms with Crippen molar-refractivity contribution in [2.45, 2.75) is 18.9 Å². The van der Waals surface area contributed by atoms with Crippen molar-refractivity contribution in [3.05, 3.63) is 95.8 Å². The van der Waals surface area contributed by atoms with Crippen LogP contribution in [0.2, 0.25) is 0 Å². The van der Waals surface area contributed by atoms with Crippen LogP contribution >= 0.6 is 0 Å². The van der Waals surface area contributed by atoms with Gasteiger partial charge in [-0.25, -0.2) is 4.39 Å². The number of carboxylic acid groups (broad SMARTS) is 1. The number of carboxylic acids is 1. The quantitative estimate of drug-likeness (QED) is 0.588. The standard InChI is InChI=1S/C25H24FNO3/c26-21-10-4-7-18(15-21)24(27-14-6-9-20(17-27)25(28)29)19-8-5-13-23(16-19)30-22-11-2-1-3-12-22/h1-5,7-8,10-13,15-16,20,24H,6,9,14,17H2,(H,28,29). The van der Waals surface area contributed by atoms with E-state index in [1.807, 2.05) is 60.7 Å². The predicted molar refractivity (Wildman–Crippen MR) is 113 cm³/mol. The Labute approximate surface area is 175 Å². The number of hydrogen-bond donors (Lipinski definition) is 1. The fourth-order valence-electron chi connectivity index (χ4n) is 4.11. The maximum absolute atomic E-state index is 14.0. The first-order valence-electron chi connectivity index (χ1n) is 10.2. The molecule has 154 valence electrons. The first-order chi connectivity index (χ1) is 14.6. The van der Waals surface area contributed by atoms with Crippen LogP contribution in [0.25, 0.3) is 0 Å². The Morgan fingerprint density at radius 1 is 0.967 bits per heavy atom. The minimum absolute atomic E-state index is 0.248. The lowest BCUT2D eigenvalue weighted by molar-refractivity contribution is -0.143. The van der Waals surface area contributed by atoms with Gasteiger partial charge in [0.05, 0.1) is 12.0 Å². The summed E-state index contributed by atoms with van der Waals surface area (Å²) < 4.78 is 20.0. The average molecular weight is 405 g/mol. The second-order valence-electron chi connectivity index (χ2n) is 7.62. The molecule has 3 aromatic carbocycles. The topological polar surface area (TPSA) is 49.8 Å². The van der Waals surface area contributed by atoms with Gasteiger partial charge in [-0.05, 0) is 66.9 Å². The van der Waals surface area contributed by atoms with E-state index in [-0.39, 0.29) is 11.9 Å². The molecule has 1 saturated heterocycles. The number of carbonyl (C=O) groups is 1. The summed E-state index contributed by atoms with van der Waals surface area (Å²) in [6.07, 6.45) is 1.46. The third-order valence-electron chi connectivity index (χ3n) is 5.48. The van der Waals surface area contributed by atoms with E-state index >= 15 is 0 Å². The van der Waals surface area contributed by atoms with Crippen LogP contribution in [-0.4, -0.2) is 29.1 Å². The van der Waals surface area contributed by atoms with Crippen LogP contribution in [0.3, 0.4) is 0 Å². The normalized spacial score (nSPS) is 18.0. The Kier molecular flexibility index (Phi) is 6.10. The predicted octanol–water partition coefficient (Wildman–Crippen LogP) is 5.50. The molecule has 0 spiro atoms. The molecule has 0 amide bonds. The van der Waals surface area contributed by atoms with Gasteiger partial charge in [0.2, 0.25) is 0 Å². The van der Waals surface area contributed by atoms with Gasteiger partial charge < -0.3 is 9.84 Å². The summed E-state index contributed by atoms with van der Waals surface area (Å²) in [6, 6.07) is 23.6. The maximum atomic E-state index is 14.0. The molecule has 0 aromatic heterocycles. The van der Waals surface area contributed by atoms with E-state index in [0.717, 1.165) is 29.8 Å². The van der Waals surface area contributed by atoms with Crippen molar-refractivity contribution in [3.8, 4) is 11.5 Å². The van der Waals surface area contributed by atoms with E-state index in [9.17, 15) is 14.3 Å². The van der Waals surface area contributed by atoms with Crippen LogP contribution < -0.4 is 4.74 Å². The number of rotatable bonds is 6. The number of benzene rings is 3. The third kappa shape index (κ3) is 4.69. The van der Waals surface area contributed by atoms with E-state index < -0.39 is 11.9 Å². The van der Waals surface area contributed by atoms with E-state index in [1.54, 1.807) is 6.07 Å². The molecule has 1 aliphatic rings. The highest BCUT2D eigenvalue weighted by atomic mass is 19.1. The zero-order valence-electron chi connectivity index (χ0n) is 16.6. The SMILES string of the molecule is O=C(O)C1CCCN(C(c2cccc(F)c2)c2cccc(Oc3ccccc3)c2)C1. The van der Waals surface area contributed by atoms with Crippen LogP contribution in [0.5, 0.6) is 11.5 Å². The Morgan fingerprint density at radius 3 is 2.40 bits per heavy atom. The van der Waals surface area contributed by atoms with Crippen LogP contribution in [0, 0.1) is 11.7 Å². The van der Waals surface area contributed by atoms with Crippen LogP contribution in [0.1, 0.15) is 30.0 Å². The van der Waals surface area contributed by atoms with Gasteiger partial charge in [-0.1, -0.05) is 42.5 Å². The van der Waals surface area contributed by atoms with Gasteiger partial charge in [0.15, 0.2) is 0 Å². The lowest BCUT2D eigenvalue weighted by atomic mass is 9.91. The molecule has 30 heavy (non-hydrogen) atoms. The Hall–Kier alpha value is -3.18. The van der Waals surface area contributed by atoms with Crippen molar-refractivity contribution >= 4 is 5.97 Å². The molecule has 1 N–H and O–H groups in total. The zero-order chi connectivity index (χ0) is 20.9. The summed E-state index contributed by atoms with van der Waals surface area (Å²) in [5.41, 5.74) is 1.75. The molecular formula is C25H24FNO3. The highest BCUT2D eigenvalue weighted by Gasteiger charge is 2.31. The molecule has 2 unspecified atom stereocenters. The Morgan fingerprint density at radius 2 is 1.67 bits per heavy atom. The summed E-state index contributed by atoms with van der Waals surface area (Å²) in [7, 11) is 0. The van der Waals surface area contributed by atoms with Gasteiger partial charge in [-0.15, -0.1) is 0 Å². The number of ether oxygens (including phenoxy) is 1. The average Bonchev–Trinajstić information content (AvgIpc) is 2.75. The number of piperidine rings is 1. The van der Waals surface area contributed by atoms with Crippen molar-refractivity contribution < 1.29 is 19.0 Å². The number of halogens is 1. The summed E-state index contributed by atoms with van der Waals surface area (Å²) in [4.78, 5) is 13.7. The van der Waals surface area contributed by atoms with Gasteiger partial charge in [-0.2, -0.15) is 0 Å². The number of hydrogen-bond acceptors (Lipinski definition) is 3. The van der Waals surface area contributed by atoms with Gasteiger partial charge >= 0.3 is 5.97 Å². The summed E-state index contributed by atoms with van der Waals surface area (Å²) in [5, 5.41) is 9.52. The molecule has 0 aliphatic carbocycles. The lowest BCUT2D eigenvalue weighted by Gasteiger charge is -2.37. The van der Waals surface area contributed by atoms with Crippen LogP contribution in [-0.2, 0) is 4.79 Å². The van der Waals surface area contributed by atoms with Crippen LogP contribution in [0.4, 0.5) is 4.39 Å². The molecule has 5 heteroatoms. The molecule has 0 radical (unpaired) electrons. The van der Waals surface area contributed by atoms with Crippen molar-refractivity contribution in [1.29, 1.82) is 0 Å². The number of para-hydroxylation sites is 1. The number of nitrogens with zero attached hydrogens (tertiary/aromatic N) is 1. The molecule has 4 nitrogen and oxygen atoms in total. The molecule has 1 fully saturated rings. The molecule has 4 rings (SSSR count). The summed E-state index contributed by atoms with van der Waals surface area (Å²) >= 11 is 0. The molecule has 2 atom stereocenters. The first kappa shape index (κ1) is 20.1. The molecule has 0 bridgehead atoms. The molecule has 3 aromatic rings. The van der Waals surface area contributed by atoms with Gasteiger partial charge in [0.25, 0.3) is 0 Å². The van der Waals surface area contributed by atoms with E-state index in [1.165, 1.54) is 12.1 Å². The highest BCUT2D eigenvalue weighted by Crippen LogP contribution is 2.35. The van der Waals surface area contributed by atoms with Crippen LogP contribution in [0.15, 0.2) is 78.9 Å². The largest absolute Gasteiger partial charge is 0.481 e. The monoisotopic (exact) mass is 405 g/mol. The van der Waals surface area contributed by atoms with Crippen molar-refractivity contribution in [1.82, 2.24) is 4.90 Å². The fraction of sp³-hybridized carbons (Fsp3) is 0.240. The zero-order valence-corrected chi connectivity index (χ0v) is 16.6. The Bertz CT molecular complexity index is 1010. The third-order valence-corrected chi connectivity index (χ3v) is 5.48. The molecule has 1 aliphatic heterocycles. The second kappa shape index (κ2) is 9.09. The van der Waals surface area contributed by atoms with Crippen molar-refractivity contribution in [2.24, 2.45) is 5.92 Å². The van der Waals surface area contributed by atoms with E-state index in [0.29, 0.717) is 18.7 Å². The molecular weight excluding hydrogens is 381 g/mol.